The second-order valence-electron chi connectivity index (χ2n) is 5.93. The van der Waals surface area contributed by atoms with Gasteiger partial charge >= 0.3 is 5.97 Å². The topological polar surface area (TPSA) is 95.0 Å². The van der Waals surface area contributed by atoms with Crippen LogP contribution in [0.4, 0.5) is 0 Å². The van der Waals surface area contributed by atoms with E-state index in [-0.39, 0.29) is 16.0 Å². The number of hydrogen-bond acceptors (Lipinski definition) is 8. The summed E-state index contributed by atoms with van der Waals surface area (Å²) in [6.45, 7) is 0. The number of ether oxygens (including phenoxy) is 2. The number of benzene rings is 2. The molecule has 2 aromatic carbocycles. The third-order valence-electron chi connectivity index (χ3n) is 4.27. The summed E-state index contributed by atoms with van der Waals surface area (Å²) in [7, 11) is 3.06. The predicted octanol–water partition coefficient (Wildman–Crippen LogP) is 3.20. The standard InChI is InChI=1S/C20H14N2O6S/c1-26-14-8-7-11(9-15(14)27-2)17-21-10-16(29-17)20(25)28-22-18(23)12-5-3-4-6-13(12)19(22)24/h3-10H,1-2H3. The Kier molecular flexibility index (Phi) is 4.73. The summed E-state index contributed by atoms with van der Waals surface area (Å²) >= 11 is 1.07. The highest BCUT2D eigenvalue weighted by atomic mass is 32.1. The molecule has 9 heteroatoms. The number of hydrogen-bond donors (Lipinski definition) is 0. The number of rotatable bonds is 5. The molecular formula is C20H14N2O6S. The van der Waals surface area contributed by atoms with Crippen molar-refractivity contribution >= 4 is 29.1 Å². The van der Waals surface area contributed by atoms with Crippen molar-refractivity contribution in [3.63, 3.8) is 0 Å². The number of carbonyl (C=O) groups excluding carboxylic acids is 3. The molecule has 0 saturated carbocycles. The van der Waals surface area contributed by atoms with Crippen LogP contribution in [0.1, 0.15) is 30.4 Å². The van der Waals surface area contributed by atoms with Gasteiger partial charge in [0.1, 0.15) is 9.88 Å². The lowest BCUT2D eigenvalue weighted by Gasteiger charge is -2.11. The van der Waals surface area contributed by atoms with Crippen LogP contribution in [0.3, 0.4) is 0 Å². The highest BCUT2D eigenvalue weighted by Gasteiger charge is 2.39. The number of carbonyl (C=O) groups is 3. The van der Waals surface area contributed by atoms with Crippen molar-refractivity contribution in [3.05, 3.63) is 64.7 Å². The van der Waals surface area contributed by atoms with Gasteiger partial charge in [-0.2, -0.15) is 0 Å². The first-order chi connectivity index (χ1) is 14.0. The number of fused-ring (bicyclic) bond motifs is 1. The van der Waals surface area contributed by atoms with E-state index >= 15 is 0 Å². The molecule has 1 aromatic heterocycles. The van der Waals surface area contributed by atoms with Crippen LogP contribution in [-0.2, 0) is 4.84 Å². The zero-order valence-electron chi connectivity index (χ0n) is 15.4. The van der Waals surface area contributed by atoms with Crippen LogP contribution in [0.5, 0.6) is 11.5 Å². The molecule has 0 fully saturated rings. The second-order valence-corrected chi connectivity index (χ2v) is 6.96. The largest absolute Gasteiger partial charge is 0.493 e. The molecule has 4 rings (SSSR count). The molecule has 0 unspecified atom stereocenters. The Morgan fingerprint density at radius 1 is 0.966 bits per heavy atom. The quantitative estimate of drug-likeness (QED) is 0.596. The highest BCUT2D eigenvalue weighted by molar-refractivity contribution is 7.16. The molecule has 8 nitrogen and oxygen atoms in total. The molecule has 0 bridgehead atoms. The molecule has 1 aliphatic heterocycles. The molecule has 0 aliphatic carbocycles. The Hall–Kier alpha value is -3.72. The van der Waals surface area contributed by atoms with Crippen molar-refractivity contribution < 1.29 is 28.7 Å². The molecule has 0 radical (unpaired) electrons. The van der Waals surface area contributed by atoms with Gasteiger partial charge in [0.25, 0.3) is 11.8 Å². The summed E-state index contributed by atoms with van der Waals surface area (Å²) in [5, 5.41) is 1.02. The van der Waals surface area contributed by atoms with Gasteiger partial charge in [-0.1, -0.05) is 17.2 Å². The molecule has 0 atom stereocenters. The first kappa shape index (κ1) is 18.6. The van der Waals surface area contributed by atoms with Gasteiger partial charge in [-0.25, -0.2) is 9.78 Å². The summed E-state index contributed by atoms with van der Waals surface area (Å²) in [5.74, 6) is -1.11. The molecule has 2 amide bonds. The van der Waals surface area contributed by atoms with Crippen LogP contribution in [0, 0.1) is 0 Å². The van der Waals surface area contributed by atoms with Gasteiger partial charge in [-0.05, 0) is 30.3 Å². The number of nitrogens with zero attached hydrogens (tertiary/aromatic N) is 2. The Labute approximate surface area is 169 Å². The van der Waals surface area contributed by atoms with Crippen molar-refractivity contribution in [1.29, 1.82) is 0 Å². The lowest BCUT2D eigenvalue weighted by Crippen LogP contribution is -2.32. The van der Waals surface area contributed by atoms with E-state index in [1.165, 1.54) is 32.5 Å². The van der Waals surface area contributed by atoms with Gasteiger partial charge in [0.15, 0.2) is 11.5 Å². The van der Waals surface area contributed by atoms with Gasteiger partial charge in [0.05, 0.1) is 31.5 Å². The van der Waals surface area contributed by atoms with Gasteiger partial charge in [-0.15, -0.1) is 11.3 Å². The Morgan fingerprint density at radius 3 is 2.24 bits per heavy atom. The smallest absolute Gasteiger partial charge is 0.375 e. The SMILES string of the molecule is COc1ccc(-c2ncc(C(=O)ON3C(=O)c4ccccc4C3=O)s2)cc1OC. The lowest BCUT2D eigenvalue weighted by atomic mass is 10.1. The summed E-state index contributed by atoms with van der Waals surface area (Å²) in [6.07, 6.45) is 1.33. The fourth-order valence-electron chi connectivity index (χ4n) is 2.85. The maximum Gasteiger partial charge on any atom is 0.375 e. The maximum atomic E-state index is 12.5. The molecule has 29 heavy (non-hydrogen) atoms. The minimum absolute atomic E-state index is 0.145. The zero-order chi connectivity index (χ0) is 20.5. The first-order valence-electron chi connectivity index (χ1n) is 8.42. The Bertz CT molecular complexity index is 1100. The first-order valence-corrected chi connectivity index (χ1v) is 9.23. The average Bonchev–Trinajstić information content (AvgIpc) is 3.34. The van der Waals surface area contributed by atoms with Crippen molar-refractivity contribution in [3.8, 4) is 22.1 Å². The molecule has 0 saturated heterocycles. The number of hydroxylamine groups is 2. The number of imide groups is 1. The third kappa shape index (κ3) is 3.21. The van der Waals surface area contributed by atoms with E-state index in [4.69, 9.17) is 14.3 Å². The number of methoxy groups -OCH3 is 2. The van der Waals surface area contributed by atoms with Crippen molar-refractivity contribution in [2.75, 3.05) is 14.2 Å². The van der Waals surface area contributed by atoms with Crippen LogP contribution in [-0.4, -0.2) is 42.1 Å². The number of aromatic nitrogens is 1. The monoisotopic (exact) mass is 410 g/mol. The van der Waals surface area contributed by atoms with Crippen LogP contribution < -0.4 is 9.47 Å². The van der Waals surface area contributed by atoms with Crippen LogP contribution in [0.15, 0.2) is 48.7 Å². The summed E-state index contributed by atoms with van der Waals surface area (Å²) < 4.78 is 10.5. The van der Waals surface area contributed by atoms with Crippen LogP contribution >= 0.6 is 11.3 Å². The third-order valence-corrected chi connectivity index (χ3v) is 5.29. The summed E-state index contributed by atoms with van der Waals surface area (Å²) in [5.41, 5.74) is 1.11. The van der Waals surface area contributed by atoms with E-state index in [0.717, 1.165) is 11.3 Å². The molecule has 1 aliphatic rings. The summed E-state index contributed by atoms with van der Waals surface area (Å²) in [4.78, 5) is 46.5. The van der Waals surface area contributed by atoms with Crippen molar-refractivity contribution in [2.24, 2.45) is 0 Å². The second kappa shape index (κ2) is 7.36. The molecule has 0 spiro atoms. The average molecular weight is 410 g/mol. The maximum absolute atomic E-state index is 12.5. The minimum atomic E-state index is -0.844. The molecular weight excluding hydrogens is 396 g/mol. The number of amides is 2. The predicted molar refractivity (Wildman–Crippen MR) is 103 cm³/mol. The van der Waals surface area contributed by atoms with E-state index in [0.29, 0.717) is 27.1 Å². The van der Waals surface area contributed by atoms with Gasteiger partial charge in [0, 0.05) is 5.56 Å². The van der Waals surface area contributed by atoms with Gasteiger partial charge in [0.2, 0.25) is 0 Å². The molecule has 146 valence electrons. The minimum Gasteiger partial charge on any atom is -0.493 e. The van der Waals surface area contributed by atoms with E-state index in [1.807, 2.05) is 0 Å². The van der Waals surface area contributed by atoms with E-state index in [9.17, 15) is 14.4 Å². The molecule has 0 N–H and O–H groups in total. The van der Waals surface area contributed by atoms with E-state index < -0.39 is 17.8 Å². The zero-order valence-corrected chi connectivity index (χ0v) is 16.2. The van der Waals surface area contributed by atoms with E-state index in [1.54, 1.807) is 30.3 Å². The number of thiazole rings is 1. The van der Waals surface area contributed by atoms with Crippen molar-refractivity contribution in [2.45, 2.75) is 0 Å². The fourth-order valence-corrected chi connectivity index (χ4v) is 3.63. The Morgan fingerprint density at radius 2 is 1.62 bits per heavy atom. The van der Waals surface area contributed by atoms with Crippen LogP contribution in [0.25, 0.3) is 10.6 Å². The van der Waals surface area contributed by atoms with E-state index in [2.05, 4.69) is 4.98 Å². The molecule has 3 aromatic rings. The van der Waals surface area contributed by atoms with Crippen molar-refractivity contribution in [1.82, 2.24) is 10.0 Å². The summed E-state index contributed by atoms with van der Waals surface area (Å²) in [6, 6.07) is 11.5. The molecule has 2 heterocycles. The van der Waals surface area contributed by atoms with Crippen LogP contribution in [0.2, 0.25) is 0 Å². The fraction of sp³-hybridized carbons (Fsp3) is 0.100. The van der Waals surface area contributed by atoms with Gasteiger partial charge in [-0.3, -0.25) is 9.59 Å². The Balaban J connectivity index is 1.54. The lowest BCUT2D eigenvalue weighted by molar-refractivity contribution is -0.0581. The normalized spacial score (nSPS) is 12.7. The van der Waals surface area contributed by atoms with Gasteiger partial charge < -0.3 is 14.3 Å². The highest BCUT2D eigenvalue weighted by Crippen LogP contribution is 2.34.